The molecule has 0 radical (unpaired) electrons. The van der Waals surface area contributed by atoms with Crippen LogP contribution in [0.1, 0.15) is 18.1 Å². The molecule has 0 spiro atoms. The summed E-state index contributed by atoms with van der Waals surface area (Å²) >= 11 is 0. The number of rotatable bonds is 4. The van der Waals surface area contributed by atoms with Crippen LogP contribution in [0.25, 0.3) is 16.7 Å². The number of nitrogens with zero attached hydrogens (tertiary/aromatic N) is 3. The number of aryl methyl sites for hydroxylation is 2. The number of anilines is 1. The van der Waals surface area contributed by atoms with Gasteiger partial charge in [-0.1, -0.05) is 53.6 Å². The molecule has 2 N–H and O–H groups in total. The fourth-order valence-electron chi connectivity index (χ4n) is 3.99. The summed E-state index contributed by atoms with van der Waals surface area (Å²) in [5.41, 5.74) is 8.34. The van der Waals surface area contributed by atoms with Gasteiger partial charge in [-0.15, -0.1) is 0 Å². The Morgan fingerprint density at radius 2 is 1.83 bits per heavy atom. The van der Waals surface area contributed by atoms with Crippen LogP contribution >= 0.6 is 0 Å². The highest BCUT2D eigenvalue weighted by Gasteiger charge is 2.29. The minimum Gasteiger partial charge on any atom is -0.350 e. The van der Waals surface area contributed by atoms with Crippen molar-refractivity contribution in [1.29, 1.82) is 0 Å². The largest absolute Gasteiger partial charge is 0.350 e. The van der Waals surface area contributed by atoms with Gasteiger partial charge in [-0.25, -0.2) is 4.98 Å². The third-order valence-electron chi connectivity index (χ3n) is 5.63. The van der Waals surface area contributed by atoms with Crippen LogP contribution in [0, 0.1) is 6.92 Å². The molecule has 0 bridgehead atoms. The van der Waals surface area contributed by atoms with E-state index in [4.69, 9.17) is 4.98 Å². The van der Waals surface area contributed by atoms with Crippen molar-refractivity contribution in [2.24, 2.45) is 7.05 Å². The Bertz CT molecular complexity index is 1180. The van der Waals surface area contributed by atoms with Crippen LogP contribution in [0.5, 0.6) is 0 Å². The maximum absolute atomic E-state index is 4.77. The second-order valence-corrected chi connectivity index (χ2v) is 7.80. The Balaban J connectivity index is 1.50. The average molecular weight is 383 g/mol. The molecule has 0 saturated carbocycles. The molecule has 146 valence electrons. The lowest BCUT2D eigenvalue weighted by Crippen LogP contribution is -2.28. The van der Waals surface area contributed by atoms with Crippen molar-refractivity contribution in [1.82, 2.24) is 19.8 Å². The second-order valence-electron chi connectivity index (χ2n) is 7.80. The summed E-state index contributed by atoms with van der Waals surface area (Å²) in [5, 5.41) is 7.20. The fraction of sp³-hybridized carbons (Fsp3) is 0.208. The number of benzene rings is 2. The number of allylic oxidation sites excluding steroid dienone is 2. The van der Waals surface area contributed by atoms with Crippen LogP contribution in [0.15, 0.2) is 77.8 Å². The van der Waals surface area contributed by atoms with Gasteiger partial charge in [0.25, 0.3) is 0 Å². The van der Waals surface area contributed by atoms with E-state index in [1.165, 1.54) is 22.4 Å². The Kier molecular flexibility index (Phi) is 4.16. The number of nitrogens with one attached hydrogen (secondary N) is 2. The molecule has 29 heavy (non-hydrogen) atoms. The van der Waals surface area contributed by atoms with Gasteiger partial charge in [0.2, 0.25) is 5.95 Å². The van der Waals surface area contributed by atoms with Crippen molar-refractivity contribution in [3.05, 3.63) is 88.9 Å². The van der Waals surface area contributed by atoms with Gasteiger partial charge >= 0.3 is 0 Å². The summed E-state index contributed by atoms with van der Waals surface area (Å²) in [6.45, 7) is 5.88. The first-order valence-corrected chi connectivity index (χ1v) is 9.98. The zero-order valence-corrected chi connectivity index (χ0v) is 17.0. The highest BCUT2D eigenvalue weighted by molar-refractivity contribution is 5.79. The van der Waals surface area contributed by atoms with Gasteiger partial charge in [0, 0.05) is 13.6 Å². The van der Waals surface area contributed by atoms with E-state index in [1.54, 1.807) is 0 Å². The van der Waals surface area contributed by atoms with Crippen LogP contribution < -0.4 is 10.6 Å². The Morgan fingerprint density at radius 1 is 1.03 bits per heavy atom. The molecule has 2 aliphatic rings. The molecule has 0 saturated heterocycles. The molecule has 0 fully saturated rings. The standard InChI is InChI=1S/C24H25N5/c1-16-8-11-18(12-9-16)23-21(29-15-17(2)10-13-22(29)27-23)14-25-24-26-19-6-4-5-7-20(19)28(24)3/h4-13,27H,14-15H2,1-3H3,(H,25,26). The van der Waals surface area contributed by atoms with E-state index >= 15 is 0 Å². The summed E-state index contributed by atoms with van der Waals surface area (Å²) in [7, 11) is 2.05. The van der Waals surface area contributed by atoms with Crippen molar-refractivity contribution >= 4 is 22.7 Å². The summed E-state index contributed by atoms with van der Waals surface area (Å²) in [6, 6.07) is 16.9. The Labute approximate surface area is 171 Å². The normalized spacial score (nSPS) is 15.9. The van der Waals surface area contributed by atoms with E-state index in [1.807, 2.05) is 18.2 Å². The molecule has 0 atom stereocenters. The first-order chi connectivity index (χ1) is 14.1. The Hall–Kier alpha value is -3.47. The van der Waals surface area contributed by atoms with E-state index in [0.29, 0.717) is 6.54 Å². The fourth-order valence-corrected chi connectivity index (χ4v) is 3.99. The van der Waals surface area contributed by atoms with Gasteiger partial charge in [-0.3, -0.25) is 0 Å². The number of hydrogen-bond donors (Lipinski definition) is 2. The maximum Gasteiger partial charge on any atom is 0.203 e. The molecule has 0 unspecified atom stereocenters. The lowest BCUT2D eigenvalue weighted by molar-refractivity contribution is 0.459. The first kappa shape index (κ1) is 17.6. The van der Waals surface area contributed by atoms with Crippen molar-refractivity contribution in [2.45, 2.75) is 13.8 Å². The molecule has 0 aliphatic carbocycles. The summed E-state index contributed by atoms with van der Waals surface area (Å²) < 4.78 is 2.11. The highest BCUT2D eigenvalue weighted by atomic mass is 15.3. The number of hydrogen-bond acceptors (Lipinski definition) is 4. The van der Waals surface area contributed by atoms with Crippen LogP contribution in [0.3, 0.4) is 0 Å². The van der Waals surface area contributed by atoms with E-state index in [-0.39, 0.29) is 0 Å². The lowest BCUT2D eigenvalue weighted by Gasteiger charge is -2.26. The first-order valence-electron chi connectivity index (χ1n) is 9.98. The molecule has 2 aromatic carbocycles. The molecule has 2 aliphatic heterocycles. The number of fused-ring (bicyclic) bond motifs is 2. The molecule has 0 amide bonds. The molecule has 1 aromatic heterocycles. The third kappa shape index (κ3) is 3.09. The van der Waals surface area contributed by atoms with E-state index < -0.39 is 0 Å². The molecule has 3 aromatic rings. The zero-order valence-electron chi connectivity index (χ0n) is 17.0. The van der Waals surface area contributed by atoms with Gasteiger partial charge in [0.05, 0.1) is 29.0 Å². The summed E-state index contributed by atoms with van der Waals surface area (Å²) in [5.74, 6) is 2.01. The van der Waals surface area contributed by atoms with Crippen molar-refractivity contribution in [3.63, 3.8) is 0 Å². The Morgan fingerprint density at radius 3 is 2.62 bits per heavy atom. The summed E-state index contributed by atoms with van der Waals surface area (Å²) in [4.78, 5) is 7.13. The van der Waals surface area contributed by atoms with Crippen molar-refractivity contribution in [3.8, 4) is 0 Å². The molecular weight excluding hydrogens is 358 g/mol. The number of para-hydroxylation sites is 2. The van der Waals surface area contributed by atoms with Gasteiger partial charge in [-0.05, 0) is 37.6 Å². The summed E-state index contributed by atoms with van der Waals surface area (Å²) in [6.07, 6.45) is 4.35. The van der Waals surface area contributed by atoms with Crippen molar-refractivity contribution < 1.29 is 0 Å². The second kappa shape index (κ2) is 6.85. The monoisotopic (exact) mass is 383 g/mol. The van der Waals surface area contributed by atoms with E-state index in [9.17, 15) is 0 Å². The maximum atomic E-state index is 4.77. The molecule has 5 rings (SSSR count). The van der Waals surface area contributed by atoms with E-state index in [0.717, 1.165) is 35.0 Å². The van der Waals surface area contributed by atoms with Crippen LogP contribution in [-0.2, 0) is 7.05 Å². The average Bonchev–Trinajstić information content (AvgIpc) is 3.24. The minimum absolute atomic E-state index is 0.692. The predicted octanol–water partition coefficient (Wildman–Crippen LogP) is 4.37. The topological polar surface area (TPSA) is 45.1 Å². The smallest absolute Gasteiger partial charge is 0.203 e. The molecule has 3 heterocycles. The van der Waals surface area contributed by atoms with E-state index in [2.05, 4.69) is 83.5 Å². The van der Waals surface area contributed by atoms with Crippen LogP contribution in [0.4, 0.5) is 5.95 Å². The van der Waals surface area contributed by atoms with Crippen LogP contribution in [-0.4, -0.2) is 27.5 Å². The third-order valence-corrected chi connectivity index (χ3v) is 5.63. The molecular formula is C24H25N5. The van der Waals surface area contributed by atoms with Crippen molar-refractivity contribution in [2.75, 3.05) is 18.4 Å². The molecule has 5 heteroatoms. The minimum atomic E-state index is 0.692. The predicted molar refractivity (Wildman–Crippen MR) is 119 cm³/mol. The number of aromatic nitrogens is 2. The quantitative estimate of drug-likeness (QED) is 0.702. The highest BCUT2D eigenvalue weighted by Crippen LogP contribution is 2.32. The van der Waals surface area contributed by atoms with Crippen LogP contribution in [0.2, 0.25) is 0 Å². The van der Waals surface area contributed by atoms with Gasteiger partial charge < -0.3 is 20.1 Å². The SMILES string of the molecule is CC1=CC=C2NC(c3ccc(C)cc3)=C(CNc3nc4ccccc4n3C)N2C1. The molecule has 5 nitrogen and oxygen atoms in total. The zero-order chi connectivity index (χ0) is 20.0. The van der Waals surface area contributed by atoms with Gasteiger partial charge in [-0.2, -0.15) is 0 Å². The van der Waals surface area contributed by atoms with Gasteiger partial charge in [0.1, 0.15) is 5.82 Å². The van der Waals surface area contributed by atoms with Gasteiger partial charge in [0.15, 0.2) is 0 Å². The number of imidazole rings is 1. The lowest BCUT2D eigenvalue weighted by atomic mass is 10.1.